The summed E-state index contributed by atoms with van der Waals surface area (Å²) in [6.07, 6.45) is 0. The molecule has 0 spiro atoms. The van der Waals surface area contributed by atoms with E-state index < -0.39 is 0 Å². The molecule has 1 unspecified atom stereocenters. The second-order valence-corrected chi connectivity index (χ2v) is 4.01. The minimum atomic E-state index is 0.451. The van der Waals surface area contributed by atoms with Gasteiger partial charge in [0.1, 0.15) is 11.5 Å². The van der Waals surface area contributed by atoms with Crippen molar-refractivity contribution < 1.29 is 14.2 Å². The fourth-order valence-corrected chi connectivity index (χ4v) is 1.57. The van der Waals surface area contributed by atoms with Gasteiger partial charge in [0.2, 0.25) is 0 Å². The van der Waals surface area contributed by atoms with E-state index in [2.05, 4.69) is 12.2 Å². The smallest absolute Gasteiger partial charge is 0.145 e. The topological polar surface area (TPSA) is 39.7 Å². The summed E-state index contributed by atoms with van der Waals surface area (Å²) < 4.78 is 15.5. The molecule has 0 aliphatic rings. The van der Waals surface area contributed by atoms with Crippen molar-refractivity contribution in [2.75, 3.05) is 39.8 Å². The lowest BCUT2D eigenvalue weighted by molar-refractivity contribution is 0.164. The van der Waals surface area contributed by atoms with Crippen LogP contribution in [0, 0.1) is 5.92 Å². The summed E-state index contributed by atoms with van der Waals surface area (Å²) in [4.78, 5) is 0. The predicted octanol–water partition coefficient (Wildman–Crippen LogP) is 2.40. The van der Waals surface area contributed by atoms with Crippen LogP contribution in [0.25, 0.3) is 0 Å². The maximum absolute atomic E-state index is 5.31. The van der Waals surface area contributed by atoms with Gasteiger partial charge in [-0.1, -0.05) is 6.92 Å². The first-order valence-corrected chi connectivity index (χ1v) is 5.66. The van der Waals surface area contributed by atoms with E-state index in [9.17, 15) is 0 Å². The Hall–Kier alpha value is -1.42. The Labute approximate surface area is 103 Å². The van der Waals surface area contributed by atoms with E-state index in [0.717, 1.165) is 30.3 Å². The molecule has 0 bridgehead atoms. The first-order chi connectivity index (χ1) is 8.21. The van der Waals surface area contributed by atoms with Gasteiger partial charge in [0.25, 0.3) is 0 Å². The number of anilines is 1. The summed E-state index contributed by atoms with van der Waals surface area (Å²) in [5, 5.41) is 3.34. The summed E-state index contributed by atoms with van der Waals surface area (Å²) in [6, 6.07) is 5.73. The Bertz CT molecular complexity index is 341. The molecule has 0 saturated carbocycles. The fourth-order valence-electron chi connectivity index (χ4n) is 1.57. The van der Waals surface area contributed by atoms with Crippen molar-refractivity contribution in [1.29, 1.82) is 0 Å². The molecule has 1 rings (SSSR count). The van der Waals surface area contributed by atoms with Crippen molar-refractivity contribution in [2.24, 2.45) is 5.92 Å². The van der Waals surface area contributed by atoms with Gasteiger partial charge in [-0.3, -0.25) is 0 Å². The van der Waals surface area contributed by atoms with Gasteiger partial charge in [-0.25, -0.2) is 0 Å². The van der Waals surface area contributed by atoms with E-state index in [-0.39, 0.29) is 0 Å². The third-order valence-electron chi connectivity index (χ3n) is 2.50. The molecule has 0 aromatic heterocycles. The average molecular weight is 239 g/mol. The van der Waals surface area contributed by atoms with Gasteiger partial charge < -0.3 is 19.5 Å². The number of ether oxygens (including phenoxy) is 3. The number of hydrogen-bond donors (Lipinski definition) is 1. The van der Waals surface area contributed by atoms with Crippen molar-refractivity contribution >= 4 is 5.69 Å². The first-order valence-electron chi connectivity index (χ1n) is 5.66. The van der Waals surface area contributed by atoms with Gasteiger partial charge in [-0.2, -0.15) is 0 Å². The van der Waals surface area contributed by atoms with Crippen LogP contribution in [0.4, 0.5) is 5.69 Å². The molecule has 0 saturated heterocycles. The number of nitrogens with one attached hydrogen (secondary N) is 1. The highest BCUT2D eigenvalue weighted by Gasteiger charge is 2.06. The molecule has 0 aliphatic heterocycles. The standard InChI is InChI=1S/C13H21NO3/c1-10(9-15-2)8-14-12-6-5-11(16-3)7-13(12)17-4/h5-7,10,14H,8-9H2,1-4H3. The lowest BCUT2D eigenvalue weighted by atomic mass is 10.2. The van der Waals surface area contributed by atoms with Crippen LogP contribution in [0.5, 0.6) is 11.5 Å². The minimum absolute atomic E-state index is 0.451. The molecule has 1 atom stereocenters. The SMILES string of the molecule is COCC(C)CNc1ccc(OC)cc1OC. The Morgan fingerprint density at radius 1 is 1.18 bits per heavy atom. The van der Waals surface area contributed by atoms with Crippen LogP contribution in [0.15, 0.2) is 18.2 Å². The van der Waals surface area contributed by atoms with Crippen molar-refractivity contribution in [1.82, 2.24) is 0 Å². The molecule has 4 nitrogen and oxygen atoms in total. The zero-order chi connectivity index (χ0) is 12.7. The van der Waals surface area contributed by atoms with E-state index in [1.54, 1.807) is 21.3 Å². The van der Waals surface area contributed by atoms with Crippen LogP contribution in [0.3, 0.4) is 0 Å². The van der Waals surface area contributed by atoms with Crippen LogP contribution >= 0.6 is 0 Å². The molecule has 0 fully saturated rings. The maximum atomic E-state index is 5.31. The summed E-state index contributed by atoms with van der Waals surface area (Å²) >= 11 is 0. The van der Waals surface area contributed by atoms with Gasteiger partial charge in [-0.15, -0.1) is 0 Å². The van der Waals surface area contributed by atoms with Crippen LogP contribution in [0.2, 0.25) is 0 Å². The first kappa shape index (κ1) is 13.6. The third kappa shape index (κ3) is 4.15. The highest BCUT2D eigenvalue weighted by atomic mass is 16.5. The lowest BCUT2D eigenvalue weighted by Gasteiger charge is -2.15. The van der Waals surface area contributed by atoms with Gasteiger partial charge in [-0.05, 0) is 18.1 Å². The van der Waals surface area contributed by atoms with E-state index in [1.807, 2.05) is 18.2 Å². The predicted molar refractivity (Wildman–Crippen MR) is 69.1 cm³/mol. The maximum Gasteiger partial charge on any atom is 0.145 e. The summed E-state index contributed by atoms with van der Waals surface area (Å²) in [6.45, 7) is 3.72. The molecule has 0 aliphatic carbocycles. The molecule has 0 radical (unpaired) electrons. The monoisotopic (exact) mass is 239 g/mol. The molecule has 1 aromatic carbocycles. The lowest BCUT2D eigenvalue weighted by Crippen LogP contribution is -2.16. The Balaban J connectivity index is 2.63. The molecular formula is C13H21NO3. The van der Waals surface area contributed by atoms with Gasteiger partial charge in [0.15, 0.2) is 0 Å². The summed E-state index contributed by atoms with van der Waals surface area (Å²) in [5.74, 6) is 2.03. The number of methoxy groups -OCH3 is 3. The van der Waals surface area contributed by atoms with E-state index in [4.69, 9.17) is 14.2 Å². The van der Waals surface area contributed by atoms with Crippen LogP contribution in [-0.2, 0) is 4.74 Å². The van der Waals surface area contributed by atoms with Crippen molar-refractivity contribution in [3.8, 4) is 11.5 Å². The summed E-state index contributed by atoms with van der Waals surface area (Å²) in [5.41, 5.74) is 0.969. The highest BCUT2D eigenvalue weighted by Crippen LogP contribution is 2.29. The van der Waals surface area contributed by atoms with E-state index >= 15 is 0 Å². The molecule has 96 valence electrons. The molecule has 17 heavy (non-hydrogen) atoms. The van der Waals surface area contributed by atoms with Crippen LogP contribution < -0.4 is 14.8 Å². The number of rotatable bonds is 7. The van der Waals surface area contributed by atoms with Gasteiger partial charge >= 0.3 is 0 Å². The molecule has 1 aromatic rings. The second kappa shape index (κ2) is 7.01. The Morgan fingerprint density at radius 3 is 2.53 bits per heavy atom. The highest BCUT2D eigenvalue weighted by molar-refractivity contribution is 5.59. The second-order valence-electron chi connectivity index (χ2n) is 4.01. The number of hydrogen-bond acceptors (Lipinski definition) is 4. The molecular weight excluding hydrogens is 218 g/mol. The zero-order valence-electron chi connectivity index (χ0n) is 10.9. The quantitative estimate of drug-likeness (QED) is 0.793. The Morgan fingerprint density at radius 2 is 1.94 bits per heavy atom. The van der Waals surface area contributed by atoms with Crippen LogP contribution in [-0.4, -0.2) is 34.5 Å². The third-order valence-corrected chi connectivity index (χ3v) is 2.50. The molecule has 0 heterocycles. The summed E-state index contributed by atoms with van der Waals surface area (Å²) in [7, 11) is 5.01. The van der Waals surface area contributed by atoms with Crippen molar-refractivity contribution in [3.05, 3.63) is 18.2 Å². The molecule has 0 amide bonds. The zero-order valence-corrected chi connectivity index (χ0v) is 10.9. The largest absolute Gasteiger partial charge is 0.497 e. The fraction of sp³-hybridized carbons (Fsp3) is 0.538. The average Bonchev–Trinajstić information content (AvgIpc) is 2.36. The van der Waals surface area contributed by atoms with E-state index in [1.165, 1.54) is 0 Å². The van der Waals surface area contributed by atoms with Gasteiger partial charge in [0.05, 0.1) is 26.5 Å². The minimum Gasteiger partial charge on any atom is -0.497 e. The molecule has 1 N–H and O–H groups in total. The van der Waals surface area contributed by atoms with Crippen molar-refractivity contribution in [2.45, 2.75) is 6.92 Å². The number of benzene rings is 1. The van der Waals surface area contributed by atoms with Gasteiger partial charge in [0, 0.05) is 19.7 Å². The Kier molecular flexibility index (Phi) is 5.63. The normalized spacial score (nSPS) is 12.0. The molecule has 4 heteroatoms. The van der Waals surface area contributed by atoms with E-state index in [0.29, 0.717) is 5.92 Å². The van der Waals surface area contributed by atoms with Crippen LogP contribution in [0.1, 0.15) is 6.92 Å². The van der Waals surface area contributed by atoms with Crippen molar-refractivity contribution in [3.63, 3.8) is 0 Å².